The lowest BCUT2D eigenvalue weighted by molar-refractivity contribution is 0.412. The zero-order valence-electron chi connectivity index (χ0n) is 25.0. The van der Waals surface area contributed by atoms with E-state index in [2.05, 4.69) is 15.2 Å². The summed E-state index contributed by atoms with van der Waals surface area (Å²) in [7, 11) is -4.03. The number of hydrogen-bond acceptors (Lipinski definition) is 10. The Morgan fingerprint density at radius 3 is 2.60 bits per heavy atom. The smallest absolute Gasteiger partial charge is 0.408 e. The van der Waals surface area contributed by atoms with E-state index in [0.717, 1.165) is 5.56 Å². The number of rotatable bonds is 7. The van der Waals surface area contributed by atoms with Gasteiger partial charge in [0.15, 0.2) is 5.58 Å². The number of pyridine rings is 2. The lowest BCUT2D eigenvalue weighted by Crippen LogP contribution is -2.23. The molecule has 6 heterocycles. The van der Waals surface area contributed by atoms with Crippen LogP contribution in [0, 0.1) is 17.1 Å². The second kappa shape index (κ2) is 11.2. The summed E-state index contributed by atoms with van der Waals surface area (Å²) in [6, 6.07) is 15.7. The molecule has 2 aliphatic heterocycles. The highest BCUT2D eigenvalue weighted by atomic mass is 32.2. The predicted octanol–water partition coefficient (Wildman–Crippen LogP) is 4.08. The first-order valence-corrected chi connectivity index (χ1v) is 16.5. The van der Waals surface area contributed by atoms with Gasteiger partial charge in [0.2, 0.25) is 10.0 Å². The van der Waals surface area contributed by atoms with Crippen LogP contribution >= 0.6 is 0 Å². The van der Waals surface area contributed by atoms with E-state index in [4.69, 9.17) is 19.1 Å². The third-order valence-electron chi connectivity index (χ3n) is 8.79. The van der Waals surface area contributed by atoms with Crippen LogP contribution in [0.5, 0.6) is 0 Å². The van der Waals surface area contributed by atoms with E-state index >= 15 is 0 Å². The molecule has 0 saturated carbocycles. The Kier molecular flexibility index (Phi) is 6.93. The quantitative estimate of drug-likeness (QED) is 0.261. The lowest BCUT2D eigenvalue weighted by atomic mass is 9.93. The number of H-pyrrole nitrogens is 1. The first kappa shape index (κ1) is 29.7. The number of fused-ring (bicyclic) bond motifs is 4. The molecule has 0 spiro atoms. The van der Waals surface area contributed by atoms with Crippen LogP contribution < -0.4 is 11.5 Å². The van der Waals surface area contributed by atoms with E-state index < -0.39 is 27.6 Å². The number of aromatic amines is 1. The Morgan fingerprint density at radius 2 is 1.88 bits per heavy atom. The molecular formula is C33H24FN7O6S. The molecule has 0 aliphatic carbocycles. The van der Waals surface area contributed by atoms with Crippen molar-refractivity contribution in [1.82, 2.24) is 29.0 Å². The Morgan fingerprint density at radius 1 is 1.04 bits per heavy atom. The number of nitrogens with one attached hydrogen (secondary N) is 1. The summed E-state index contributed by atoms with van der Waals surface area (Å²) in [5.74, 6) is -2.00. The van der Waals surface area contributed by atoms with Crippen LogP contribution in [-0.2, 0) is 29.4 Å². The summed E-state index contributed by atoms with van der Waals surface area (Å²) in [6.07, 6.45) is 3.40. The SMILES string of the molecule is N#Cc1ccc(Cn2c(=O)oc3cc(-c4c(-c5n[nH]c(=O)o5)c(CCc5ccc(F)cc5)nc5c4S(=O)(=O)N4CCC[C@@H]54)ccc32)nc1. The topological polar surface area (TPSA) is 181 Å². The molecule has 8 rings (SSSR count). The van der Waals surface area contributed by atoms with E-state index in [9.17, 15) is 22.4 Å². The van der Waals surface area contributed by atoms with Gasteiger partial charge in [0.25, 0.3) is 5.89 Å². The number of hydrogen-bond donors (Lipinski definition) is 1. The molecule has 0 bridgehead atoms. The van der Waals surface area contributed by atoms with Gasteiger partial charge in [-0.1, -0.05) is 18.2 Å². The fourth-order valence-corrected chi connectivity index (χ4v) is 8.67. The molecular weight excluding hydrogens is 641 g/mol. The van der Waals surface area contributed by atoms with Crippen LogP contribution in [0.25, 0.3) is 33.7 Å². The second-order valence-corrected chi connectivity index (χ2v) is 13.5. The maximum atomic E-state index is 14.2. The van der Waals surface area contributed by atoms with Crippen molar-refractivity contribution in [2.24, 2.45) is 0 Å². The highest BCUT2D eigenvalue weighted by Crippen LogP contribution is 2.51. The zero-order valence-corrected chi connectivity index (χ0v) is 25.8. The van der Waals surface area contributed by atoms with Crippen molar-refractivity contribution in [3.8, 4) is 28.7 Å². The van der Waals surface area contributed by atoms with Gasteiger partial charge in [0.1, 0.15) is 16.8 Å². The molecule has 240 valence electrons. The van der Waals surface area contributed by atoms with E-state index in [1.54, 1.807) is 42.5 Å². The van der Waals surface area contributed by atoms with Crippen LogP contribution in [0.1, 0.15) is 47.1 Å². The summed E-state index contributed by atoms with van der Waals surface area (Å²) < 4.78 is 55.9. The monoisotopic (exact) mass is 665 g/mol. The molecule has 0 radical (unpaired) electrons. The molecule has 4 aromatic heterocycles. The molecule has 1 atom stereocenters. The molecule has 0 amide bonds. The van der Waals surface area contributed by atoms with E-state index in [-0.39, 0.29) is 46.3 Å². The molecule has 1 saturated heterocycles. The van der Waals surface area contributed by atoms with Crippen molar-refractivity contribution in [3.05, 3.63) is 116 Å². The first-order chi connectivity index (χ1) is 23.2. The van der Waals surface area contributed by atoms with E-state index in [1.807, 2.05) is 6.07 Å². The maximum absolute atomic E-state index is 14.2. The number of halogens is 1. The number of nitriles is 1. The van der Waals surface area contributed by atoms with Gasteiger partial charge in [-0.2, -0.15) is 9.57 Å². The second-order valence-electron chi connectivity index (χ2n) is 11.6. The van der Waals surface area contributed by atoms with Crippen LogP contribution in [0.2, 0.25) is 0 Å². The largest absolute Gasteiger partial charge is 0.434 e. The van der Waals surface area contributed by atoms with E-state index in [0.29, 0.717) is 59.5 Å². The van der Waals surface area contributed by atoms with Gasteiger partial charge in [0.05, 0.1) is 46.3 Å². The Hall–Kier alpha value is -5.72. The molecule has 48 heavy (non-hydrogen) atoms. The van der Waals surface area contributed by atoms with Gasteiger partial charge in [-0.25, -0.2) is 27.5 Å². The van der Waals surface area contributed by atoms with Crippen molar-refractivity contribution >= 4 is 21.1 Å². The number of sulfonamides is 1. The molecule has 1 fully saturated rings. The lowest BCUT2D eigenvalue weighted by Gasteiger charge is -2.17. The van der Waals surface area contributed by atoms with Gasteiger partial charge >= 0.3 is 11.5 Å². The van der Waals surface area contributed by atoms with Crippen LogP contribution in [0.15, 0.2) is 84.1 Å². The summed E-state index contributed by atoms with van der Waals surface area (Å²) in [6.45, 7) is 0.407. The van der Waals surface area contributed by atoms with Crippen molar-refractivity contribution in [2.75, 3.05) is 6.54 Å². The normalized spacial score (nSPS) is 16.6. The molecule has 15 heteroatoms. The minimum atomic E-state index is -4.03. The molecule has 6 aromatic rings. The fraction of sp³-hybridized carbons (Fsp3) is 0.212. The number of oxazole rings is 1. The van der Waals surface area contributed by atoms with Crippen molar-refractivity contribution in [3.63, 3.8) is 0 Å². The average Bonchev–Trinajstić information content (AvgIpc) is 3.86. The van der Waals surface area contributed by atoms with Crippen molar-refractivity contribution in [2.45, 2.75) is 43.2 Å². The minimum Gasteiger partial charge on any atom is -0.408 e. The van der Waals surface area contributed by atoms with Gasteiger partial charge in [-0.05, 0) is 73.2 Å². The first-order valence-electron chi connectivity index (χ1n) is 15.1. The summed E-state index contributed by atoms with van der Waals surface area (Å²) in [4.78, 5) is 34.4. The zero-order chi connectivity index (χ0) is 33.2. The minimum absolute atomic E-state index is 0.0127. The molecule has 0 unspecified atom stereocenters. The Balaban J connectivity index is 1.33. The maximum Gasteiger partial charge on any atom is 0.434 e. The van der Waals surface area contributed by atoms with Crippen LogP contribution in [0.3, 0.4) is 0 Å². The number of nitrogens with zero attached hydrogens (tertiary/aromatic N) is 6. The summed E-state index contributed by atoms with van der Waals surface area (Å²) >= 11 is 0. The van der Waals surface area contributed by atoms with Gasteiger partial charge < -0.3 is 8.83 Å². The summed E-state index contributed by atoms with van der Waals surface area (Å²) in [5, 5.41) is 15.4. The molecule has 2 aliphatic rings. The predicted molar refractivity (Wildman–Crippen MR) is 168 cm³/mol. The number of aromatic nitrogens is 5. The Bertz CT molecular complexity index is 2510. The van der Waals surface area contributed by atoms with E-state index in [1.165, 1.54) is 27.2 Å². The van der Waals surface area contributed by atoms with Crippen LogP contribution in [0.4, 0.5) is 4.39 Å². The molecule has 13 nitrogen and oxygen atoms in total. The Labute approximate surface area is 271 Å². The highest BCUT2D eigenvalue weighted by Gasteiger charge is 2.49. The van der Waals surface area contributed by atoms with Crippen LogP contribution in [-0.4, -0.2) is 44.0 Å². The fourth-order valence-electron chi connectivity index (χ4n) is 6.60. The van der Waals surface area contributed by atoms with Gasteiger partial charge in [0, 0.05) is 18.3 Å². The molecule has 1 N–H and O–H groups in total. The highest BCUT2D eigenvalue weighted by molar-refractivity contribution is 7.89. The third-order valence-corrected chi connectivity index (χ3v) is 10.8. The van der Waals surface area contributed by atoms with Crippen molar-refractivity contribution in [1.29, 1.82) is 5.26 Å². The molecule has 2 aromatic carbocycles. The summed E-state index contributed by atoms with van der Waals surface area (Å²) in [5.41, 5.74) is 4.02. The average molecular weight is 666 g/mol. The van der Waals surface area contributed by atoms with Crippen molar-refractivity contribution < 1.29 is 21.6 Å². The number of benzene rings is 2. The number of aryl methyl sites for hydroxylation is 2. The standard InChI is InChI=1S/C33H24FN7O6S/c34-21-8-3-18(4-9-21)6-11-23-28(31-38-39-32(42)47-31)27(30-29(37-23)25-2-1-13-41(25)48(30,44)45)20-7-12-24-26(14-20)46-33(43)40(24)17-22-10-5-19(15-35)16-36-22/h3-5,7-10,12,14,16,25H,1-2,6,11,13,17H2,(H,39,42)/t25-/m0/s1. The van der Waals surface area contributed by atoms with Gasteiger partial charge in [-0.15, -0.1) is 5.10 Å². The van der Waals surface area contributed by atoms with Gasteiger partial charge in [-0.3, -0.25) is 14.5 Å². The third kappa shape index (κ3) is 4.84.